The number of aryl methyl sites for hydroxylation is 1. The Bertz CT molecular complexity index is 481. The first-order chi connectivity index (χ1) is 11.2. The minimum absolute atomic E-state index is 0.228. The van der Waals surface area contributed by atoms with Crippen molar-refractivity contribution < 1.29 is 14.3 Å². The fourth-order valence-electron chi connectivity index (χ4n) is 2.85. The van der Waals surface area contributed by atoms with Crippen LogP contribution in [0.5, 0.6) is 0 Å². The van der Waals surface area contributed by atoms with Crippen molar-refractivity contribution in [1.82, 2.24) is 15.2 Å². The number of hydrogen-bond acceptors (Lipinski definition) is 5. The first-order valence-electron chi connectivity index (χ1n) is 8.57. The van der Waals surface area contributed by atoms with Gasteiger partial charge in [0.15, 0.2) is 0 Å². The van der Waals surface area contributed by atoms with Crippen LogP contribution >= 0.6 is 0 Å². The summed E-state index contributed by atoms with van der Waals surface area (Å²) in [7, 11) is 0. The zero-order valence-electron chi connectivity index (χ0n) is 14.3. The van der Waals surface area contributed by atoms with Gasteiger partial charge < -0.3 is 19.8 Å². The van der Waals surface area contributed by atoms with Crippen LogP contribution in [0.15, 0.2) is 6.20 Å². The van der Waals surface area contributed by atoms with Gasteiger partial charge in [0.05, 0.1) is 25.4 Å². The van der Waals surface area contributed by atoms with E-state index < -0.39 is 0 Å². The Balaban J connectivity index is 1.65. The van der Waals surface area contributed by atoms with Gasteiger partial charge in [-0.05, 0) is 38.9 Å². The van der Waals surface area contributed by atoms with Gasteiger partial charge in [-0.15, -0.1) is 0 Å². The van der Waals surface area contributed by atoms with Gasteiger partial charge in [-0.25, -0.2) is 4.79 Å². The molecule has 1 saturated heterocycles. The summed E-state index contributed by atoms with van der Waals surface area (Å²) >= 11 is 0. The fraction of sp³-hybridized carbons (Fsp3) is 0.706. The van der Waals surface area contributed by atoms with Crippen LogP contribution < -0.4 is 5.32 Å². The van der Waals surface area contributed by atoms with Gasteiger partial charge in [0.1, 0.15) is 0 Å². The number of aromatic amines is 1. The number of carbonyl (C=O) groups excluding carboxylic acids is 1. The van der Waals surface area contributed by atoms with Crippen molar-refractivity contribution in [2.75, 3.05) is 52.5 Å². The lowest BCUT2D eigenvalue weighted by Gasteiger charge is -2.26. The lowest BCUT2D eigenvalue weighted by molar-refractivity contribution is 0.0374. The number of morpholine rings is 1. The predicted octanol–water partition coefficient (Wildman–Crippen LogP) is 1.35. The highest BCUT2D eigenvalue weighted by Gasteiger charge is 2.17. The van der Waals surface area contributed by atoms with Crippen molar-refractivity contribution in [3.05, 3.63) is 23.0 Å². The van der Waals surface area contributed by atoms with Crippen LogP contribution in [0.25, 0.3) is 0 Å². The van der Waals surface area contributed by atoms with Gasteiger partial charge in [-0.3, -0.25) is 4.90 Å². The second kappa shape index (κ2) is 9.70. The molecule has 6 nitrogen and oxygen atoms in total. The van der Waals surface area contributed by atoms with Gasteiger partial charge in [0.2, 0.25) is 0 Å². The zero-order chi connectivity index (χ0) is 16.5. The molecule has 2 N–H and O–H groups in total. The van der Waals surface area contributed by atoms with Crippen molar-refractivity contribution in [2.45, 2.75) is 26.7 Å². The molecule has 0 bridgehead atoms. The first kappa shape index (κ1) is 18.0. The molecule has 23 heavy (non-hydrogen) atoms. The molecule has 0 spiro atoms. The molecule has 1 aromatic rings. The van der Waals surface area contributed by atoms with E-state index in [1.54, 1.807) is 0 Å². The minimum Gasteiger partial charge on any atom is -0.462 e. The number of hydrogen-bond donors (Lipinski definition) is 2. The number of nitrogens with one attached hydrogen (secondary N) is 2. The molecule has 6 heteroatoms. The molecule has 1 aliphatic rings. The topological polar surface area (TPSA) is 66.6 Å². The molecule has 0 aromatic carbocycles. The van der Waals surface area contributed by atoms with Gasteiger partial charge in [-0.2, -0.15) is 0 Å². The monoisotopic (exact) mass is 323 g/mol. The van der Waals surface area contributed by atoms with Crippen molar-refractivity contribution in [2.24, 2.45) is 0 Å². The van der Waals surface area contributed by atoms with E-state index in [1.807, 2.05) is 20.0 Å². The number of ether oxygens (including phenoxy) is 2. The fourth-order valence-corrected chi connectivity index (χ4v) is 2.85. The van der Waals surface area contributed by atoms with Gasteiger partial charge >= 0.3 is 5.97 Å². The lowest BCUT2D eigenvalue weighted by Crippen LogP contribution is -2.37. The van der Waals surface area contributed by atoms with Crippen LogP contribution in [-0.2, 0) is 15.9 Å². The third-order valence-electron chi connectivity index (χ3n) is 4.12. The number of esters is 1. The smallest absolute Gasteiger partial charge is 0.340 e. The molecule has 0 aliphatic carbocycles. The summed E-state index contributed by atoms with van der Waals surface area (Å²) < 4.78 is 10.5. The van der Waals surface area contributed by atoms with Crippen molar-refractivity contribution in [1.29, 1.82) is 0 Å². The predicted molar refractivity (Wildman–Crippen MR) is 89.9 cm³/mol. The third kappa shape index (κ3) is 5.64. The maximum atomic E-state index is 12.0. The van der Waals surface area contributed by atoms with E-state index in [9.17, 15) is 4.79 Å². The van der Waals surface area contributed by atoms with E-state index in [0.717, 1.165) is 70.0 Å². The molecule has 0 atom stereocenters. The Morgan fingerprint density at radius 3 is 2.91 bits per heavy atom. The molecule has 0 saturated carbocycles. The molecule has 2 rings (SSSR count). The second-order valence-corrected chi connectivity index (χ2v) is 5.85. The highest BCUT2D eigenvalue weighted by molar-refractivity contribution is 5.92. The van der Waals surface area contributed by atoms with E-state index in [0.29, 0.717) is 12.2 Å². The largest absolute Gasteiger partial charge is 0.462 e. The van der Waals surface area contributed by atoms with Crippen molar-refractivity contribution >= 4 is 5.97 Å². The number of carbonyl (C=O) groups is 1. The maximum Gasteiger partial charge on any atom is 0.340 e. The maximum absolute atomic E-state index is 12.0. The Morgan fingerprint density at radius 2 is 2.17 bits per heavy atom. The molecule has 130 valence electrons. The van der Waals surface area contributed by atoms with Gasteiger partial charge in [0, 0.05) is 37.9 Å². The normalized spacial score (nSPS) is 15.7. The zero-order valence-corrected chi connectivity index (χ0v) is 14.3. The number of aromatic nitrogens is 1. The quantitative estimate of drug-likeness (QED) is 0.530. The highest BCUT2D eigenvalue weighted by Crippen LogP contribution is 2.15. The molecular weight excluding hydrogens is 294 g/mol. The summed E-state index contributed by atoms with van der Waals surface area (Å²) in [5.74, 6) is -0.228. The van der Waals surface area contributed by atoms with Gasteiger partial charge in [0.25, 0.3) is 0 Å². The van der Waals surface area contributed by atoms with E-state index in [1.165, 1.54) is 0 Å². The van der Waals surface area contributed by atoms with Crippen LogP contribution in [0, 0.1) is 6.92 Å². The van der Waals surface area contributed by atoms with E-state index in [-0.39, 0.29) is 5.97 Å². The Hall–Kier alpha value is -1.37. The minimum atomic E-state index is -0.228. The average molecular weight is 323 g/mol. The van der Waals surface area contributed by atoms with Crippen molar-refractivity contribution in [3.8, 4) is 0 Å². The van der Waals surface area contributed by atoms with E-state index in [2.05, 4.69) is 15.2 Å². The molecule has 2 heterocycles. The molecule has 0 radical (unpaired) electrons. The summed E-state index contributed by atoms with van der Waals surface area (Å²) in [5.41, 5.74) is 2.61. The summed E-state index contributed by atoms with van der Waals surface area (Å²) in [6.45, 7) is 10.9. The average Bonchev–Trinajstić information content (AvgIpc) is 2.93. The van der Waals surface area contributed by atoms with Crippen LogP contribution in [0.2, 0.25) is 0 Å². The Kier molecular flexibility index (Phi) is 7.58. The van der Waals surface area contributed by atoms with E-state index >= 15 is 0 Å². The molecular formula is C17H29N3O3. The molecule has 1 aliphatic heterocycles. The molecule has 1 aromatic heterocycles. The number of H-pyrrole nitrogens is 1. The van der Waals surface area contributed by atoms with Crippen molar-refractivity contribution in [3.63, 3.8) is 0 Å². The standard InChI is InChI=1S/C17H29N3O3/c1-3-23-17(21)16-14(2)13-19-15(16)5-7-18-6-4-8-20-9-11-22-12-10-20/h13,18-19H,3-12H2,1-2H3. The summed E-state index contributed by atoms with van der Waals surface area (Å²) in [6, 6.07) is 0. The number of rotatable bonds is 9. The summed E-state index contributed by atoms with van der Waals surface area (Å²) in [4.78, 5) is 17.6. The first-order valence-corrected chi connectivity index (χ1v) is 8.57. The van der Waals surface area contributed by atoms with E-state index in [4.69, 9.17) is 9.47 Å². The Morgan fingerprint density at radius 1 is 1.39 bits per heavy atom. The summed E-state index contributed by atoms with van der Waals surface area (Å²) in [5, 5.41) is 3.45. The lowest BCUT2D eigenvalue weighted by atomic mass is 10.1. The van der Waals surface area contributed by atoms with Crippen LogP contribution in [0.1, 0.15) is 35.0 Å². The third-order valence-corrected chi connectivity index (χ3v) is 4.12. The number of nitrogens with zero attached hydrogens (tertiary/aromatic N) is 1. The molecule has 0 unspecified atom stereocenters. The SMILES string of the molecule is CCOC(=O)c1c(C)c[nH]c1CCNCCCN1CCOCC1. The van der Waals surface area contributed by atoms with Crippen LogP contribution in [0.4, 0.5) is 0 Å². The molecule has 0 amide bonds. The second-order valence-electron chi connectivity index (χ2n) is 5.85. The van der Waals surface area contributed by atoms with Crippen LogP contribution in [-0.4, -0.2) is 68.4 Å². The summed E-state index contributed by atoms with van der Waals surface area (Å²) in [6.07, 6.45) is 3.81. The van der Waals surface area contributed by atoms with Gasteiger partial charge in [-0.1, -0.05) is 0 Å². The molecule has 1 fully saturated rings. The van der Waals surface area contributed by atoms with Crippen LogP contribution in [0.3, 0.4) is 0 Å². The Labute approximate surface area is 138 Å². The highest BCUT2D eigenvalue weighted by atomic mass is 16.5.